The predicted octanol–water partition coefficient (Wildman–Crippen LogP) is 3.68. The zero-order valence-corrected chi connectivity index (χ0v) is 10.1. The van der Waals surface area contributed by atoms with Crippen molar-refractivity contribution in [3.63, 3.8) is 0 Å². The molecule has 0 unspecified atom stereocenters. The van der Waals surface area contributed by atoms with E-state index in [-0.39, 0.29) is 0 Å². The fraction of sp³-hybridized carbons (Fsp3) is 0.0667. The Kier molecular flexibility index (Phi) is 2.65. The summed E-state index contributed by atoms with van der Waals surface area (Å²) in [5.74, 6) is 0. The van der Waals surface area contributed by atoms with Crippen LogP contribution in [-0.2, 0) is 0 Å². The maximum Gasteiger partial charge on any atom is 0.0725 e. The van der Waals surface area contributed by atoms with Gasteiger partial charge < -0.3 is 5.32 Å². The van der Waals surface area contributed by atoms with Gasteiger partial charge in [0.15, 0.2) is 0 Å². The number of nitrogens with zero attached hydrogens (tertiary/aromatic N) is 2. The Morgan fingerprint density at radius 1 is 1.06 bits per heavy atom. The quantitative estimate of drug-likeness (QED) is 0.736. The molecule has 2 heterocycles. The molecule has 1 N–H and O–H groups in total. The first-order chi connectivity index (χ1) is 8.83. The van der Waals surface area contributed by atoms with E-state index in [0.717, 1.165) is 22.3 Å². The van der Waals surface area contributed by atoms with E-state index in [9.17, 15) is 0 Å². The molecule has 0 spiro atoms. The molecule has 0 fully saturated rings. The van der Waals surface area contributed by atoms with Crippen LogP contribution in [-0.4, -0.2) is 9.97 Å². The predicted molar refractivity (Wildman–Crippen MR) is 74.0 cm³/mol. The van der Waals surface area contributed by atoms with Gasteiger partial charge >= 0.3 is 0 Å². The average molecular weight is 235 g/mol. The minimum atomic E-state index is 0.977. The Hall–Kier alpha value is -2.42. The first-order valence-corrected chi connectivity index (χ1v) is 5.85. The topological polar surface area (TPSA) is 37.8 Å². The van der Waals surface area contributed by atoms with Crippen molar-refractivity contribution in [2.45, 2.75) is 6.92 Å². The molecule has 3 heteroatoms. The normalized spacial score (nSPS) is 10.5. The molecule has 18 heavy (non-hydrogen) atoms. The lowest BCUT2D eigenvalue weighted by molar-refractivity contribution is 1.32. The number of anilines is 2. The van der Waals surface area contributed by atoms with Crippen LogP contribution in [0.5, 0.6) is 0 Å². The molecule has 0 amide bonds. The minimum absolute atomic E-state index is 0.977. The third-order valence-electron chi connectivity index (χ3n) is 2.84. The maximum atomic E-state index is 4.39. The first kappa shape index (κ1) is 10.7. The standard InChI is InChI=1S/C15H13N3/c1-11-4-5-13-14(6-8-17-15(13)9-11)18-12-3-2-7-16-10-12/h2-10H,1H3,(H,17,18). The second-order valence-corrected chi connectivity index (χ2v) is 4.25. The molecule has 0 bridgehead atoms. The van der Waals surface area contributed by atoms with E-state index < -0.39 is 0 Å². The van der Waals surface area contributed by atoms with E-state index in [1.165, 1.54) is 5.56 Å². The fourth-order valence-electron chi connectivity index (χ4n) is 1.96. The van der Waals surface area contributed by atoms with Crippen LogP contribution in [0.15, 0.2) is 55.0 Å². The minimum Gasteiger partial charge on any atom is -0.354 e. The molecule has 1 aromatic carbocycles. The molecule has 0 aliphatic heterocycles. The summed E-state index contributed by atoms with van der Waals surface area (Å²) in [6, 6.07) is 12.2. The van der Waals surface area contributed by atoms with Crippen LogP contribution in [0.1, 0.15) is 5.56 Å². The maximum absolute atomic E-state index is 4.39. The van der Waals surface area contributed by atoms with Crippen LogP contribution in [0.3, 0.4) is 0 Å². The third-order valence-corrected chi connectivity index (χ3v) is 2.84. The summed E-state index contributed by atoms with van der Waals surface area (Å²) in [6.45, 7) is 2.07. The highest BCUT2D eigenvalue weighted by molar-refractivity contribution is 5.93. The van der Waals surface area contributed by atoms with Gasteiger partial charge in [0.2, 0.25) is 0 Å². The van der Waals surface area contributed by atoms with E-state index in [0.29, 0.717) is 0 Å². The number of pyridine rings is 2. The van der Waals surface area contributed by atoms with Gasteiger partial charge in [0, 0.05) is 23.5 Å². The van der Waals surface area contributed by atoms with Crippen LogP contribution in [0.4, 0.5) is 11.4 Å². The lowest BCUT2D eigenvalue weighted by atomic mass is 10.1. The van der Waals surface area contributed by atoms with E-state index >= 15 is 0 Å². The summed E-state index contributed by atoms with van der Waals surface area (Å²) >= 11 is 0. The van der Waals surface area contributed by atoms with Gasteiger partial charge in [0.05, 0.1) is 17.4 Å². The van der Waals surface area contributed by atoms with E-state index in [4.69, 9.17) is 0 Å². The highest BCUT2D eigenvalue weighted by Gasteiger charge is 2.02. The number of aryl methyl sites for hydroxylation is 1. The second-order valence-electron chi connectivity index (χ2n) is 4.25. The molecule has 0 aliphatic carbocycles. The Bertz CT molecular complexity index is 678. The van der Waals surface area contributed by atoms with Gasteiger partial charge in [0.1, 0.15) is 0 Å². The van der Waals surface area contributed by atoms with Crippen LogP contribution >= 0.6 is 0 Å². The summed E-state index contributed by atoms with van der Waals surface area (Å²) in [4.78, 5) is 8.49. The molecule has 0 atom stereocenters. The van der Waals surface area contributed by atoms with Gasteiger partial charge in [0.25, 0.3) is 0 Å². The van der Waals surface area contributed by atoms with Gasteiger partial charge in [-0.05, 0) is 36.8 Å². The van der Waals surface area contributed by atoms with E-state index in [1.54, 1.807) is 12.4 Å². The summed E-state index contributed by atoms with van der Waals surface area (Å²) in [5.41, 5.74) is 4.25. The van der Waals surface area contributed by atoms with Crippen molar-refractivity contribution in [2.24, 2.45) is 0 Å². The molecule has 0 aliphatic rings. The zero-order chi connectivity index (χ0) is 12.4. The molecule has 3 rings (SSSR count). The van der Waals surface area contributed by atoms with Crippen LogP contribution in [0.2, 0.25) is 0 Å². The SMILES string of the molecule is Cc1ccc2c(Nc3cccnc3)ccnc2c1. The number of aromatic nitrogens is 2. The largest absolute Gasteiger partial charge is 0.354 e. The van der Waals surface area contributed by atoms with Crippen LogP contribution < -0.4 is 5.32 Å². The third kappa shape index (κ3) is 2.02. The Morgan fingerprint density at radius 2 is 2.00 bits per heavy atom. The number of benzene rings is 1. The molecule has 2 aromatic heterocycles. The highest BCUT2D eigenvalue weighted by Crippen LogP contribution is 2.25. The molecule has 0 saturated heterocycles. The highest BCUT2D eigenvalue weighted by atomic mass is 14.9. The molecule has 0 saturated carbocycles. The summed E-state index contributed by atoms with van der Waals surface area (Å²) < 4.78 is 0. The van der Waals surface area contributed by atoms with Gasteiger partial charge in [-0.2, -0.15) is 0 Å². The molecule has 3 nitrogen and oxygen atoms in total. The zero-order valence-electron chi connectivity index (χ0n) is 10.1. The van der Waals surface area contributed by atoms with Gasteiger partial charge in [-0.25, -0.2) is 0 Å². The van der Waals surface area contributed by atoms with Gasteiger partial charge in [-0.15, -0.1) is 0 Å². The lowest BCUT2D eigenvalue weighted by Crippen LogP contribution is -1.93. The van der Waals surface area contributed by atoms with Crippen molar-refractivity contribution >= 4 is 22.3 Å². The Balaban J connectivity index is 2.07. The first-order valence-electron chi connectivity index (χ1n) is 5.85. The average Bonchev–Trinajstić information content (AvgIpc) is 2.40. The number of fused-ring (bicyclic) bond motifs is 1. The number of hydrogen-bond acceptors (Lipinski definition) is 3. The molecule has 0 radical (unpaired) electrons. The van der Waals surface area contributed by atoms with E-state index in [1.807, 2.05) is 24.4 Å². The van der Waals surface area contributed by atoms with Crippen molar-refractivity contribution in [3.8, 4) is 0 Å². The van der Waals surface area contributed by atoms with Crippen LogP contribution in [0.25, 0.3) is 10.9 Å². The van der Waals surface area contributed by atoms with Gasteiger partial charge in [-0.1, -0.05) is 12.1 Å². The van der Waals surface area contributed by atoms with Crippen molar-refractivity contribution in [1.82, 2.24) is 9.97 Å². The van der Waals surface area contributed by atoms with Crippen LogP contribution in [0, 0.1) is 6.92 Å². The fourth-order valence-corrected chi connectivity index (χ4v) is 1.96. The smallest absolute Gasteiger partial charge is 0.0725 e. The monoisotopic (exact) mass is 235 g/mol. The summed E-state index contributed by atoms with van der Waals surface area (Å²) in [6.07, 6.45) is 5.39. The molecule has 3 aromatic rings. The number of hydrogen-bond donors (Lipinski definition) is 1. The molecular formula is C15H13N3. The Labute approximate surface area is 106 Å². The second kappa shape index (κ2) is 4.45. The summed E-state index contributed by atoms with van der Waals surface area (Å²) in [7, 11) is 0. The molecule has 88 valence electrons. The van der Waals surface area contributed by atoms with Gasteiger partial charge in [-0.3, -0.25) is 9.97 Å². The summed E-state index contributed by atoms with van der Waals surface area (Å²) in [5, 5.41) is 4.48. The van der Waals surface area contributed by atoms with E-state index in [2.05, 4.69) is 40.4 Å². The number of rotatable bonds is 2. The Morgan fingerprint density at radius 3 is 2.83 bits per heavy atom. The molecular weight excluding hydrogens is 222 g/mol. The van der Waals surface area contributed by atoms with Crippen molar-refractivity contribution in [3.05, 3.63) is 60.6 Å². The van der Waals surface area contributed by atoms with Crippen molar-refractivity contribution < 1.29 is 0 Å². The lowest BCUT2D eigenvalue weighted by Gasteiger charge is -2.09. The van der Waals surface area contributed by atoms with Crippen molar-refractivity contribution in [1.29, 1.82) is 0 Å². The number of nitrogens with one attached hydrogen (secondary N) is 1. The van der Waals surface area contributed by atoms with Crippen molar-refractivity contribution in [2.75, 3.05) is 5.32 Å².